The summed E-state index contributed by atoms with van der Waals surface area (Å²) in [6, 6.07) is 17.3. The Hall–Kier alpha value is -2.53. The average molecular weight is 488 g/mol. The summed E-state index contributed by atoms with van der Waals surface area (Å²) in [6.07, 6.45) is 0. The smallest absolute Gasteiger partial charge is 0.255 e. The largest absolute Gasteiger partial charge is 0.324 e. The van der Waals surface area contributed by atoms with Gasteiger partial charge in [-0.15, -0.1) is 0 Å². The van der Waals surface area contributed by atoms with Crippen LogP contribution < -0.4 is 5.32 Å². The Morgan fingerprint density at radius 1 is 0.938 bits per heavy atom. The number of nitrogens with one attached hydrogen (secondary N) is 1. The monoisotopic (exact) mass is 486 g/mol. The van der Waals surface area contributed by atoms with Gasteiger partial charge in [-0.25, -0.2) is 0 Å². The summed E-state index contributed by atoms with van der Waals surface area (Å²) in [6.45, 7) is 4.26. The summed E-state index contributed by atoms with van der Waals surface area (Å²) in [5, 5.41) is 4.27. The Kier molecular flexibility index (Phi) is 6.47. The molecule has 1 N–H and O–H groups in total. The summed E-state index contributed by atoms with van der Waals surface area (Å²) in [5.41, 5.74) is 3.41. The number of hydrogen-bond donors (Lipinski definition) is 1. The molecule has 32 heavy (non-hydrogen) atoms. The van der Waals surface area contributed by atoms with E-state index in [1.54, 1.807) is 41.3 Å². The first-order valence-corrected chi connectivity index (χ1v) is 11.3. The second-order valence-electron chi connectivity index (χ2n) is 8.06. The van der Waals surface area contributed by atoms with Crippen LogP contribution in [0.15, 0.2) is 60.7 Å². The lowest BCUT2D eigenvalue weighted by molar-refractivity contribution is -0.122. The second-order valence-corrected chi connectivity index (χ2v) is 9.28. The van der Waals surface area contributed by atoms with Gasteiger partial charge in [0.05, 0.1) is 10.0 Å². The van der Waals surface area contributed by atoms with E-state index in [0.717, 1.165) is 5.56 Å². The minimum Gasteiger partial charge on any atom is -0.324 e. The van der Waals surface area contributed by atoms with E-state index in [1.807, 2.05) is 38.1 Å². The Labute approximate surface area is 202 Å². The first kappa shape index (κ1) is 22.7. The number of carbonyl (C=O) groups is 2. The molecular weight excluding hydrogens is 467 g/mol. The molecule has 0 unspecified atom stereocenters. The Balaban J connectivity index is 1.68. The number of carbonyl (C=O) groups excluding carboxylic acids is 2. The molecule has 0 bridgehead atoms. The fraction of sp³-hybridized carbons (Fsp3) is 0.200. The molecule has 7 heteroatoms. The molecule has 4 rings (SSSR count). The van der Waals surface area contributed by atoms with Gasteiger partial charge < -0.3 is 10.2 Å². The molecule has 0 saturated carbocycles. The molecule has 2 amide bonds. The van der Waals surface area contributed by atoms with Gasteiger partial charge in [0.25, 0.3) is 5.91 Å². The fourth-order valence-corrected chi connectivity index (χ4v) is 4.65. The summed E-state index contributed by atoms with van der Waals surface area (Å²) in [7, 11) is 0. The third kappa shape index (κ3) is 4.23. The van der Waals surface area contributed by atoms with Gasteiger partial charge in [0.2, 0.25) is 5.91 Å². The van der Waals surface area contributed by atoms with E-state index >= 15 is 0 Å². The average Bonchev–Trinajstić information content (AvgIpc) is 3.07. The highest BCUT2D eigenvalue weighted by molar-refractivity contribution is 6.44. The molecule has 0 fully saturated rings. The van der Waals surface area contributed by atoms with Gasteiger partial charge in [0.15, 0.2) is 0 Å². The van der Waals surface area contributed by atoms with Crippen LogP contribution >= 0.6 is 34.8 Å². The Morgan fingerprint density at radius 3 is 2.38 bits per heavy atom. The maximum Gasteiger partial charge on any atom is 0.255 e. The van der Waals surface area contributed by atoms with Crippen molar-refractivity contribution in [3.8, 4) is 11.1 Å². The normalized spacial score (nSPS) is 13.9. The van der Waals surface area contributed by atoms with Gasteiger partial charge in [0.1, 0.15) is 6.04 Å². The van der Waals surface area contributed by atoms with Gasteiger partial charge in [0, 0.05) is 33.9 Å². The lowest BCUT2D eigenvalue weighted by Crippen LogP contribution is -2.47. The van der Waals surface area contributed by atoms with Gasteiger partial charge in [-0.2, -0.15) is 0 Å². The summed E-state index contributed by atoms with van der Waals surface area (Å²) >= 11 is 18.9. The van der Waals surface area contributed by atoms with E-state index in [-0.39, 0.29) is 17.7 Å². The molecule has 164 valence electrons. The minimum absolute atomic E-state index is 0.0984. The van der Waals surface area contributed by atoms with Crippen molar-refractivity contribution in [2.75, 3.05) is 5.32 Å². The van der Waals surface area contributed by atoms with E-state index in [2.05, 4.69) is 5.32 Å². The van der Waals surface area contributed by atoms with Crippen molar-refractivity contribution in [1.29, 1.82) is 0 Å². The van der Waals surface area contributed by atoms with E-state index in [9.17, 15) is 9.59 Å². The van der Waals surface area contributed by atoms with Crippen LogP contribution in [-0.4, -0.2) is 22.8 Å². The van der Waals surface area contributed by atoms with Crippen molar-refractivity contribution in [2.45, 2.75) is 26.4 Å². The number of nitrogens with zero attached hydrogens (tertiary/aromatic N) is 1. The second kappa shape index (κ2) is 9.14. The van der Waals surface area contributed by atoms with Crippen LogP contribution in [0.25, 0.3) is 11.1 Å². The number of amides is 2. The quantitative estimate of drug-likeness (QED) is 0.424. The standard InChI is InChI=1S/C25H21Cl3N2O2/c1-14(2)23(30-13-15-6-3-4-7-17(15)25(30)32)24(31)29-21-11-10-16(26)12-19(21)18-8-5-9-20(27)22(18)28/h3-12,14,23H,13H2,1-2H3,(H,29,31)/t23-/m1/s1. The molecule has 4 nitrogen and oxygen atoms in total. The third-order valence-electron chi connectivity index (χ3n) is 5.57. The number of benzene rings is 3. The highest BCUT2D eigenvalue weighted by Gasteiger charge is 2.38. The van der Waals surface area contributed by atoms with E-state index < -0.39 is 6.04 Å². The number of hydrogen-bond acceptors (Lipinski definition) is 2. The van der Waals surface area contributed by atoms with Gasteiger partial charge in [-0.05, 0) is 41.8 Å². The summed E-state index contributed by atoms with van der Waals surface area (Å²) in [5.74, 6) is -0.509. The molecule has 0 spiro atoms. The molecule has 3 aromatic carbocycles. The van der Waals surface area contributed by atoms with Crippen LogP contribution in [0.3, 0.4) is 0 Å². The van der Waals surface area contributed by atoms with Crippen molar-refractivity contribution in [3.05, 3.63) is 86.9 Å². The molecule has 0 radical (unpaired) electrons. The summed E-state index contributed by atoms with van der Waals surface area (Å²) < 4.78 is 0. The van der Waals surface area contributed by atoms with Crippen molar-refractivity contribution < 1.29 is 9.59 Å². The van der Waals surface area contributed by atoms with Crippen LogP contribution in [0, 0.1) is 5.92 Å². The molecule has 0 aromatic heterocycles. The summed E-state index contributed by atoms with van der Waals surface area (Å²) in [4.78, 5) is 28.1. The number of anilines is 1. The third-order valence-corrected chi connectivity index (χ3v) is 6.62. The molecule has 0 saturated heterocycles. The Morgan fingerprint density at radius 2 is 1.66 bits per heavy atom. The fourth-order valence-electron chi connectivity index (χ4n) is 4.07. The molecule has 3 aromatic rings. The van der Waals surface area contributed by atoms with Crippen molar-refractivity contribution >= 4 is 52.3 Å². The number of halogens is 3. The van der Waals surface area contributed by atoms with Gasteiger partial charge in [-0.1, -0.05) is 79.0 Å². The maximum atomic E-state index is 13.5. The highest BCUT2D eigenvalue weighted by Crippen LogP contribution is 2.39. The van der Waals surface area contributed by atoms with Crippen LogP contribution in [0.1, 0.15) is 29.8 Å². The number of fused-ring (bicyclic) bond motifs is 1. The van der Waals surface area contributed by atoms with E-state index in [0.29, 0.717) is 44.0 Å². The highest BCUT2D eigenvalue weighted by atomic mass is 35.5. The lowest BCUT2D eigenvalue weighted by Gasteiger charge is -2.30. The molecule has 1 aliphatic rings. The number of rotatable bonds is 5. The first-order chi connectivity index (χ1) is 15.3. The predicted molar refractivity (Wildman–Crippen MR) is 130 cm³/mol. The SMILES string of the molecule is CC(C)[C@H](C(=O)Nc1ccc(Cl)cc1-c1cccc(Cl)c1Cl)N1Cc2ccccc2C1=O. The van der Waals surface area contributed by atoms with Crippen LogP contribution in [0.2, 0.25) is 15.1 Å². The zero-order valence-electron chi connectivity index (χ0n) is 17.5. The zero-order chi connectivity index (χ0) is 23.0. The predicted octanol–water partition coefficient (Wildman–Crippen LogP) is 6.93. The molecular formula is C25H21Cl3N2O2. The molecule has 1 aliphatic heterocycles. The molecule has 0 aliphatic carbocycles. The van der Waals surface area contributed by atoms with Crippen molar-refractivity contribution in [2.24, 2.45) is 5.92 Å². The Bertz CT molecular complexity index is 1210. The van der Waals surface area contributed by atoms with E-state index in [1.165, 1.54) is 0 Å². The minimum atomic E-state index is -0.645. The van der Waals surface area contributed by atoms with Crippen LogP contribution in [0.5, 0.6) is 0 Å². The van der Waals surface area contributed by atoms with Crippen molar-refractivity contribution in [1.82, 2.24) is 4.90 Å². The maximum absolute atomic E-state index is 13.5. The van der Waals surface area contributed by atoms with Gasteiger partial charge >= 0.3 is 0 Å². The van der Waals surface area contributed by atoms with Gasteiger partial charge in [-0.3, -0.25) is 9.59 Å². The van der Waals surface area contributed by atoms with Crippen LogP contribution in [-0.2, 0) is 11.3 Å². The molecule has 1 heterocycles. The van der Waals surface area contributed by atoms with Crippen LogP contribution in [0.4, 0.5) is 5.69 Å². The zero-order valence-corrected chi connectivity index (χ0v) is 19.8. The lowest BCUT2D eigenvalue weighted by atomic mass is 10.00. The topological polar surface area (TPSA) is 49.4 Å². The first-order valence-electron chi connectivity index (χ1n) is 10.2. The van der Waals surface area contributed by atoms with E-state index in [4.69, 9.17) is 34.8 Å². The molecule has 1 atom stereocenters. The van der Waals surface area contributed by atoms with Crippen molar-refractivity contribution in [3.63, 3.8) is 0 Å².